The van der Waals surface area contributed by atoms with Crippen LogP contribution in [0.3, 0.4) is 0 Å². The van der Waals surface area contributed by atoms with Gasteiger partial charge in [0.1, 0.15) is 5.82 Å². The van der Waals surface area contributed by atoms with E-state index in [4.69, 9.17) is 0 Å². The van der Waals surface area contributed by atoms with Crippen molar-refractivity contribution >= 4 is 0 Å². The lowest BCUT2D eigenvalue weighted by Gasteiger charge is -2.15. The van der Waals surface area contributed by atoms with E-state index in [9.17, 15) is 5.11 Å². The summed E-state index contributed by atoms with van der Waals surface area (Å²) >= 11 is 0. The second-order valence-electron chi connectivity index (χ2n) is 5.13. The average Bonchev–Trinajstić information content (AvgIpc) is 2.56. The van der Waals surface area contributed by atoms with Gasteiger partial charge in [0.25, 0.3) is 0 Å². The summed E-state index contributed by atoms with van der Waals surface area (Å²) in [6.07, 6.45) is 9.05. The molecule has 2 rings (SSSR count). The Labute approximate surface area is 103 Å². The van der Waals surface area contributed by atoms with Crippen molar-refractivity contribution in [3.05, 3.63) is 23.3 Å². The van der Waals surface area contributed by atoms with Crippen LogP contribution in [0.25, 0.3) is 0 Å². The minimum atomic E-state index is -0.474. The number of aliphatic hydroxyl groups excluding tert-OH is 1. The molecule has 0 amide bonds. The topological polar surface area (TPSA) is 46.0 Å². The SMILES string of the molecule is Cc1nc(C2CCCCCC2)ncc1[C@H](C)O. The number of aromatic nitrogens is 2. The van der Waals surface area contributed by atoms with E-state index in [-0.39, 0.29) is 0 Å². The molecule has 0 radical (unpaired) electrons. The quantitative estimate of drug-likeness (QED) is 0.799. The number of hydrogen-bond acceptors (Lipinski definition) is 3. The molecule has 94 valence electrons. The summed E-state index contributed by atoms with van der Waals surface area (Å²) in [7, 11) is 0. The second-order valence-corrected chi connectivity index (χ2v) is 5.13. The number of aryl methyl sites for hydroxylation is 1. The van der Waals surface area contributed by atoms with Crippen molar-refractivity contribution in [1.29, 1.82) is 0 Å². The third-order valence-corrected chi connectivity index (χ3v) is 3.71. The van der Waals surface area contributed by atoms with Crippen LogP contribution in [0.15, 0.2) is 6.20 Å². The first-order chi connectivity index (χ1) is 8.18. The zero-order chi connectivity index (χ0) is 12.3. The highest BCUT2D eigenvalue weighted by molar-refractivity contribution is 5.19. The molecule has 1 atom stereocenters. The fourth-order valence-electron chi connectivity index (χ4n) is 2.64. The normalized spacial score (nSPS) is 19.9. The summed E-state index contributed by atoms with van der Waals surface area (Å²) in [5.74, 6) is 1.51. The summed E-state index contributed by atoms with van der Waals surface area (Å²) in [4.78, 5) is 9.04. The fourth-order valence-corrected chi connectivity index (χ4v) is 2.64. The maximum atomic E-state index is 9.57. The molecule has 0 saturated heterocycles. The maximum absolute atomic E-state index is 9.57. The van der Waals surface area contributed by atoms with E-state index in [2.05, 4.69) is 9.97 Å². The fraction of sp³-hybridized carbons (Fsp3) is 0.714. The van der Waals surface area contributed by atoms with E-state index in [0.29, 0.717) is 5.92 Å². The zero-order valence-electron chi connectivity index (χ0n) is 10.8. The molecule has 1 aromatic rings. The molecule has 0 spiro atoms. The van der Waals surface area contributed by atoms with Gasteiger partial charge in [-0.25, -0.2) is 9.97 Å². The van der Waals surface area contributed by atoms with Crippen molar-refractivity contribution < 1.29 is 5.11 Å². The van der Waals surface area contributed by atoms with Crippen LogP contribution in [0, 0.1) is 6.92 Å². The Balaban J connectivity index is 2.18. The Kier molecular flexibility index (Phi) is 4.11. The largest absolute Gasteiger partial charge is 0.389 e. The molecule has 1 aromatic heterocycles. The smallest absolute Gasteiger partial charge is 0.131 e. The monoisotopic (exact) mass is 234 g/mol. The van der Waals surface area contributed by atoms with Crippen LogP contribution in [0.5, 0.6) is 0 Å². The molecular weight excluding hydrogens is 212 g/mol. The van der Waals surface area contributed by atoms with Crippen molar-refractivity contribution in [3.63, 3.8) is 0 Å². The molecule has 0 aromatic carbocycles. The van der Waals surface area contributed by atoms with E-state index in [1.165, 1.54) is 38.5 Å². The lowest BCUT2D eigenvalue weighted by Crippen LogP contribution is -2.08. The predicted molar refractivity (Wildman–Crippen MR) is 67.8 cm³/mol. The molecule has 0 unspecified atom stereocenters. The summed E-state index contributed by atoms with van der Waals surface area (Å²) in [5, 5.41) is 9.57. The van der Waals surface area contributed by atoms with Crippen molar-refractivity contribution in [2.75, 3.05) is 0 Å². The van der Waals surface area contributed by atoms with Gasteiger partial charge in [-0.2, -0.15) is 0 Å². The molecule has 3 heteroatoms. The van der Waals surface area contributed by atoms with E-state index in [1.807, 2.05) is 6.92 Å². The molecule has 1 N–H and O–H groups in total. The highest BCUT2D eigenvalue weighted by Crippen LogP contribution is 2.30. The Morgan fingerprint density at radius 3 is 2.41 bits per heavy atom. The third kappa shape index (κ3) is 3.03. The van der Waals surface area contributed by atoms with Gasteiger partial charge in [0.05, 0.1) is 6.10 Å². The lowest BCUT2D eigenvalue weighted by atomic mass is 9.99. The van der Waals surface area contributed by atoms with Gasteiger partial charge in [-0.05, 0) is 26.7 Å². The Morgan fingerprint density at radius 1 is 1.24 bits per heavy atom. The second kappa shape index (κ2) is 5.58. The summed E-state index contributed by atoms with van der Waals surface area (Å²) in [5.41, 5.74) is 1.77. The van der Waals surface area contributed by atoms with Crippen molar-refractivity contribution in [2.45, 2.75) is 64.4 Å². The summed E-state index contributed by atoms with van der Waals surface area (Å²) < 4.78 is 0. The number of nitrogens with zero attached hydrogens (tertiary/aromatic N) is 2. The molecule has 1 heterocycles. The number of aliphatic hydroxyl groups is 1. The molecule has 1 aliphatic rings. The van der Waals surface area contributed by atoms with Gasteiger partial charge >= 0.3 is 0 Å². The predicted octanol–water partition coefficient (Wildman–Crippen LogP) is 3.28. The van der Waals surface area contributed by atoms with Crippen molar-refractivity contribution in [1.82, 2.24) is 9.97 Å². The van der Waals surface area contributed by atoms with Gasteiger partial charge in [0.15, 0.2) is 0 Å². The maximum Gasteiger partial charge on any atom is 0.131 e. The van der Waals surface area contributed by atoms with Crippen LogP contribution in [-0.2, 0) is 0 Å². The Bertz CT molecular complexity index is 368. The lowest BCUT2D eigenvalue weighted by molar-refractivity contribution is 0.197. The van der Waals surface area contributed by atoms with E-state index >= 15 is 0 Å². The molecule has 0 aliphatic heterocycles. The highest BCUT2D eigenvalue weighted by Gasteiger charge is 2.18. The van der Waals surface area contributed by atoms with E-state index < -0.39 is 6.10 Å². The number of hydrogen-bond donors (Lipinski definition) is 1. The molecule has 3 nitrogen and oxygen atoms in total. The minimum absolute atomic E-state index is 0.474. The Hall–Kier alpha value is -0.960. The van der Waals surface area contributed by atoms with Gasteiger partial charge in [0, 0.05) is 23.4 Å². The molecular formula is C14H22N2O. The van der Waals surface area contributed by atoms with Crippen LogP contribution in [0.2, 0.25) is 0 Å². The first-order valence-corrected chi connectivity index (χ1v) is 6.70. The standard InChI is InChI=1S/C14H22N2O/c1-10-13(11(2)17)9-15-14(16-10)12-7-5-3-4-6-8-12/h9,11-12,17H,3-8H2,1-2H3/t11-/m0/s1. The van der Waals surface area contributed by atoms with Crippen LogP contribution in [0.4, 0.5) is 0 Å². The molecule has 1 fully saturated rings. The highest BCUT2D eigenvalue weighted by atomic mass is 16.3. The Morgan fingerprint density at radius 2 is 1.88 bits per heavy atom. The minimum Gasteiger partial charge on any atom is -0.389 e. The van der Waals surface area contributed by atoms with E-state index in [0.717, 1.165) is 17.1 Å². The molecule has 17 heavy (non-hydrogen) atoms. The van der Waals surface area contributed by atoms with Crippen LogP contribution in [-0.4, -0.2) is 15.1 Å². The van der Waals surface area contributed by atoms with Gasteiger partial charge < -0.3 is 5.11 Å². The molecule has 0 bridgehead atoms. The first kappa shape index (κ1) is 12.5. The molecule has 1 aliphatic carbocycles. The molecule has 1 saturated carbocycles. The van der Waals surface area contributed by atoms with Crippen molar-refractivity contribution in [3.8, 4) is 0 Å². The first-order valence-electron chi connectivity index (χ1n) is 6.70. The van der Waals surface area contributed by atoms with Gasteiger partial charge in [0.2, 0.25) is 0 Å². The van der Waals surface area contributed by atoms with Crippen molar-refractivity contribution in [2.24, 2.45) is 0 Å². The average molecular weight is 234 g/mol. The van der Waals surface area contributed by atoms with Crippen LogP contribution in [0.1, 0.15) is 74.6 Å². The summed E-state index contributed by atoms with van der Waals surface area (Å²) in [6.45, 7) is 3.72. The van der Waals surface area contributed by atoms with Gasteiger partial charge in [-0.3, -0.25) is 0 Å². The van der Waals surface area contributed by atoms with Crippen LogP contribution >= 0.6 is 0 Å². The summed E-state index contributed by atoms with van der Waals surface area (Å²) in [6, 6.07) is 0. The third-order valence-electron chi connectivity index (χ3n) is 3.71. The zero-order valence-corrected chi connectivity index (χ0v) is 10.8. The van der Waals surface area contributed by atoms with Gasteiger partial charge in [-0.1, -0.05) is 25.7 Å². The number of rotatable bonds is 2. The van der Waals surface area contributed by atoms with Crippen LogP contribution < -0.4 is 0 Å². The van der Waals surface area contributed by atoms with Gasteiger partial charge in [-0.15, -0.1) is 0 Å². The van der Waals surface area contributed by atoms with E-state index in [1.54, 1.807) is 13.1 Å².